The number of aryl methyl sites for hydroxylation is 1. The highest BCUT2D eigenvalue weighted by Gasteiger charge is 2.18. The van der Waals surface area contributed by atoms with Crippen LogP contribution in [-0.4, -0.2) is 24.1 Å². The third kappa shape index (κ3) is 3.67. The van der Waals surface area contributed by atoms with Crippen molar-refractivity contribution in [2.75, 3.05) is 0 Å². The summed E-state index contributed by atoms with van der Waals surface area (Å²) in [6.07, 6.45) is 4.04. The molecule has 0 bridgehead atoms. The van der Waals surface area contributed by atoms with E-state index in [2.05, 4.69) is 37.0 Å². The van der Waals surface area contributed by atoms with Gasteiger partial charge in [0.15, 0.2) is 11.0 Å². The maximum atomic E-state index is 14.3. The second-order valence-corrected chi connectivity index (χ2v) is 8.18. The molecule has 0 aliphatic heterocycles. The summed E-state index contributed by atoms with van der Waals surface area (Å²) in [6.45, 7) is 7.04. The molecular formula is C21H22FN5S. The van der Waals surface area contributed by atoms with Gasteiger partial charge in [-0.15, -0.1) is 10.2 Å². The van der Waals surface area contributed by atoms with Gasteiger partial charge in [0.25, 0.3) is 0 Å². The van der Waals surface area contributed by atoms with E-state index in [1.807, 2.05) is 33.5 Å². The van der Waals surface area contributed by atoms with E-state index in [9.17, 15) is 4.39 Å². The first-order valence-electron chi connectivity index (χ1n) is 9.27. The molecule has 0 amide bonds. The molecule has 1 aromatic carbocycles. The molecular weight excluding hydrogens is 373 g/mol. The lowest BCUT2D eigenvalue weighted by atomic mass is 10.2. The number of rotatable bonds is 6. The Kier molecular flexibility index (Phi) is 5.17. The van der Waals surface area contributed by atoms with Gasteiger partial charge in [-0.2, -0.15) is 0 Å². The molecule has 4 rings (SSSR count). The fourth-order valence-corrected chi connectivity index (χ4v) is 4.01. The van der Waals surface area contributed by atoms with Gasteiger partial charge in [-0.1, -0.05) is 43.8 Å². The summed E-state index contributed by atoms with van der Waals surface area (Å²) in [7, 11) is 0. The minimum atomic E-state index is -0.285. The van der Waals surface area contributed by atoms with E-state index in [1.165, 1.54) is 6.07 Å². The van der Waals surface area contributed by atoms with Crippen molar-refractivity contribution in [3.63, 3.8) is 0 Å². The highest BCUT2D eigenvalue weighted by atomic mass is 32.2. The van der Waals surface area contributed by atoms with Crippen molar-refractivity contribution in [3.05, 3.63) is 65.9 Å². The summed E-state index contributed by atoms with van der Waals surface area (Å²) >= 11 is 1.58. The monoisotopic (exact) mass is 395 g/mol. The molecule has 0 spiro atoms. The Morgan fingerprint density at radius 2 is 1.93 bits per heavy atom. The maximum absolute atomic E-state index is 14.3. The molecule has 5 nitrogen and oxygen atoms in total. The fourth-order valence-electron chi connectivity index (χ4n) is 3.18. The lowest BCUT2D eigenvalue weighted by molar-refractivity contribution is 0.496. The van der Waals surface area contributed by atoms with Crippen molar-refractivity contribution in [1.82, 2.24) is 24.1 Å². The quantitative estimate of drug-likeness (QED) is 0.432. The van der Waals surface area contributed by atoms with Gasteiger partial charge in [-0.25, -0.2) is 9.37 Å². The van der Waals surface area contributed by atoms with Crippen molar-refractivity contribution < 1.29 is 4.39 Å². The Bertz CT molecular complexity index is 1120. The van der Waals surface area contributed by atoms with E-state index in [0.717, 1.165) is 28.6 Å². The van der Waals surface area contributed by atoms with Crippen LogP contribution in [0.5, 0.6) is 0 Å². The molecule has 0 unspecified atom stereocenters. The SMILES string of the molecule is Cc1cccn2cc(CSc3nnc(-c4ccccc4F)n3CC(C)C)nc12. The topological polar surface area (TPSA) is 48.0 Å². The number of hydrogen-bond acceptors (Lipinski definition) is 4. The van der Waals surface area contributed by atoms with Crippen LogP contribution in [0.25, 0.3) is 17.0 Å². The molecule has 0 radical (unpaired) electrons. The lowest BCUT2D eigenvalue weighted by Crippen LogP contribution is -2.08. The number of aromatic nitrogens is 5. The van der Waals surface area contributed by atoms with E-state index in [0.29, 0.717) is 23.1 Å². The van der Waals surface area contributed by atoms with E-state index in [-0.39, 0.29) is 5.82 Å². The maximum Gasteiger partial charge on any atom is 0.191 e. The molecule has 0 saturated carbocycles. The molecule has 0 aliphatic carbocycles. The lowest BCUT2D eigenvalue weighted by Gasteiger charge is -2.12. The van der Waals surface area contributed by atoms with Gasteiger partial charge >= 0.3 is 0 Å². The number of benzene rings is 1. The molecule has 0 saturated heterocycles. The molecule has 0 fully saturated rings. The number of imidazole rings is 1. The molecule has 0 atom stereocenters. The molecule has 0 N–H and O–H groups in total. The first kappa shape index (κ1) is 18.7. The molecule has 3 heterocycles. The highest BCUT2D eigenvalue weighted by Crippen LogP contribution is 2.28. The standard InChI is InChI=1S/C21H22FN5S/c1-14(2)11-27-20(17-8-4-5-9-18(17)22)24-25-21(27)28-13-16-12-26-10-6-7-15(3)19(26)23-16/h4-10,12,14H,11,13H2,1-3H3. The number of pyridine rings is 1. The average molecular weight is 396 g/mol. The zero-order valence-corrected chi connectivity index (χ0v) is 16.9. The summed E-state index contributed by atoms with van der Waals surface area (Å²) in [5.74, 6) is 1.35. The van der Waals surface area contributed by atoms with Gasteiger partial charge in [0.2, 0.25) is 0 Å². The number of hydrogen-bond donors (Lipinski definition) is 0. The Balaban J connectivity index is 1.63. The third-order valence-corrected chi connectivity index (χ3v) is 5.46. The number of fused-ring (bicyclic) bond motifs is 1. The molecule has 0 aliphatic rings. The van der Waals surface area contributed by atoms with Crippen molar-refractivity contribution in [1.29, 1.82) is 0 Å². The fraction of sp³-hybridized carbons (Fsp3) is 0.286. The first-order valence-corrected chi connectivity index (χ1v) is 10.3. The second-order valence-electron chi connectivity index (χ2n) is 7.23. The summed E-state index contributed by atoms with van der Waals surface area (Å²) in [6, 6.07) is 10.8. The van der Waals surface area contributed by atoms with Crippen LogP contribution >= 0.6 is 11.8 Å². The normalized spacial score (nSPS) is 11.6. The van der Waals surface area contributed by atoms with Gasteiger partial charge < -0.3 is 8.97 Å². The van der Waals surface area contributed by atoms with E-state index < -0.39 is 0 Å². The average Bonchev–Trinajstić information content (AvgIpc) is 3.25. The Labute approximate surface area is 167 Å². The van der Waals surface area contributed by atoms with Crippen LogP contribution in [0.1, 0.15) is 25.1 Å². The number of nitrogens with zero attached hydrogens (tertiary/aromatic N) is 5. The summed E-state index contributed by atoms with van der Waals surface area (Å²) in [5.41, 5.74) is 3.56. The van der Waals surface area contributed by atoms with Crippen LogP contribution in [0.3, 0.4) is 0 Å². The summed E-state index contributed by atoms with van der Waals surface area (Å²) < 4.78 is 18.4. The molecule has 28 heavy (non-hydrogen) atoms. The first-order chi connectivity index (χ1) is 13.5. The van der Waals surface area contributed by atoms with Crippen LogP contribution < -0.4 is 0 Å². The zero-order chi connectivity index (χ0) is 19.7. The predicted octanol–water partition coefficient (Wildman–Crippen LogP) is 4.99. The number of thioether (sulfide) groups is 1. The Morgan fingerprint density at radius 1 is 1.11 bits per heavy atom. The summed E-state index contributed by atoms with van der Waals surface area (Å²) in [4.78, 5) is 4.72. The van der Waals surface area contributed by atoms with Crippen molar-refractivity contribution in [2.45, 2.75) is 38.2 Å². The Morgan fingerprint density at radius 3 is 2.68 bits per heavy atom. The van der Waals surface area contributed by atoms with Crippen LogP contribution in [0, 0.1) is 18.7 Å². The van der Waals surface area contributed by atoms with Crippen molar-refractivity contribution in [2.24, 2.45) is 5.92 Å². The van der Waals surface area contributed by atoms with Crippen molar-refractivity contribution in [3.8, 4) is 11.4 Å². The van der Waals surface area contributed by atoms with E-state index in [4.69, 9.17) is 4.98 Å². The van der Waals surface area contributed by atoms with Crippen LogP contribution in [0.15, 0.2) is 53.9 Å². The van der Waals surface area contributed by atoms with Gasteiger partial charge in [-0.05, 0) is 36.6 Å². The predicted molar refractivity (Wildman–Crippen MR) is 110 cm³/mol. The molecule has 3 aromatic heterocycles. The molecule has 144 valence electrons. The number of halogens is 1. The van der Waals surface area contributed by atoms with Crippen molar-refractivity contribution >= 4 is 17.4 Å². The second kappa shape index (κ2) is 7.75. The Hall–Kier alpha value is -2.67. The summed E-state index contributed by atoms with van der Waals surface area (Å²) in [5, 5.41) is 9.42. The van der Waals surface area contributed by atoms with Gasteiger partial charge in [0.1, 0.15) is 11.5 Å². The van der Waals surface area contributed by atoms with Crippen LogP contribution in [-0.2, 0) is 12.3 Å². The largest absolute Gasteiger partial charge is 0.307 e. The third-order valence-electron chi connectivity index (χ3n) is 4.46. The van der Waals surface area contributed by atoms with E-state index >= 15 is 0 Å². The van der Waals surface area contributed by atoms with Gasteiger partial charge in [-0.3, -0.25) is 0 Å². The molecule has 4 aromatic rings. The zero-order valence-electron chi connectivity index (χ0n) is 16.1. The van der Waals surface area contributed by atoms with Gasteiger partial charge in [0.05, 0.1) is 11.3 Å². The van der Waals surface area contributed by atoms with Gasteiger partial charge in [0, 0.05) is 24.7 Å². The van der Waals surface area contributed by atoms with E-state index in [1.54, 1.807) is 23.9 Å². The highest BCUT2D eigenvalue weighted by molar-refractivity contribution is 7.98. The smallest absolute Gasteiger partial charge is 0.191 e. The minimum Gasteiger partial charge on any atom is -0.307 e. The van der Waals surface area contributed by atoms with Crippen LogP contribution in [0.4, 0.5) is 4.39 Å². The van der Waals surface area contributed by atoms with Crippen LogP contribution in [0.2, 0.25) is 0 Å². The molecule has 7 heteroatoms. The minimum absolute atomic E-state index is 0.285.